The van der Waals surface area contributed by atoms with Crippen molar-refractivity contribution in [1.82, 2.24) is 15.2 Å². The normalized spacial score (nSPS) is 11.0. The molecule has 0 bridgehead atoms. The molecule has 0 aliphatic heterocycles. The number of nitrogens with zero attached hydrogens (tertiary/aromatic N) is 1. The smallest absolute Gasteiger partial charge is 0.253 e. The largest absolute Gasteiger partial charge is 0.395 e. The average Bonchev–Trinajstić information content (AvgIpc) is 2.65. The van der Waals surface area contributed by atoms with E-state index in [1.54, 1.807) is 0 Å². The summed E-state index contributed by atoms with van der Waals surface area (Å²) in [5, 5.41) is 14.1. The first-order valence-electron chi connectivity index (χ1n) is 9.31. The summed E-state index contributed by atoms with van der Waals surface area (Å²) in [6, 6.07) is 5.99. The number of thiocarbonyl (C=S) groups is 1. The molecule has 2 aromatic rings. The molecule has 0 saturated heterocycles. The second-order valence-electron chi connectivity index (χ2n) is 6.54. The Morgan fingerprint density at radius 3 is 2.78 bits per heavy atom. The van der Waals surface area contributed by atoms with Gasteiger partial charge in [0.2, 0.25) is 0 Å². The quantitative estimate of drug-likeness (QED) is 0.450. The number of aromatic amines is 1. The van der Waals surface area contributed by atoms with Crippen LogP contribution in [0.1, 0.15) is 30.0 Å². The average molecular weight is 392 g/mol. The molecular formula is C20H29N3O3S. The third-order valence-electron chi connectivity index (χ3n) is 4.48. The van der Waals surface area contributed by atoms with Crippen LogP contribution in [0, 0.1) is 13.8 Å². The number of aromatic nitrogens is 1. The fourth-order valence-electron chi connectivity index (χ4n) is 2.94. The van der Waals surface area contributed by atoms with Gasteiger partial charge in [0.1, 0.15) is 0 Å². The molecule has 148 valence electrons. The molecule has 0 unspecified atom stereocenters. The summed E-state index contributed by atoms with van der Waals surface area (Å²) in [6.45, 7) is 8.71. The highest BCUT2D eigenvalue weighted by Gasteiger charge is 2.14. The van der Waals surface area contributed by atoms with E-state index < -0.39 is 0 Å². The van der Waals surface area contributed by atoms with Gasteiger partial charge in [-0.05, 0) is 56.6 Å². The topological polar surface area (TPSA) is 77.6 Å². The zero-order valence-corrected chi connectivity index (χ0v) is 17.1. The fraction of sp³-hybridized carbons (Fsp3) is 0.500. The minimum Gasteiger partial charge on any atom is -0.395 e. The number of ether oxygens (including phenoxy) is 1. The van der Waals surface area contributed by atoms with Crippen molar-refractivity contribution in [2.75, 3.05) is 32.9 Å². The van der Waals surface area contributed by atoms with Crippen LogP contribution in [0.15, 0.2) is 23.0 Å². The number of rotatable bonds is 9. The molecule has 0 amide bonds. The number of hydrogen-bond acceptors (Lipinski definition) is 4. The van der Waals surface area contributed by atoms with Crippen LogP contribution in [0.25, 0.3) is 10.9 Å². The van der Waals surface area contributed by atoms with E-state index in [-0.39, 0.29) is 12.2 Å². The van der Waals surface area contributed by atoms with Crippen LogP contribution < -0.4 is 10.9 Å². The number of hydrogen-bond donors (Lipinski definition) is 3. The van der Waals surface area contributed by atoms with Crippen LogP contribution >= 0.6 is 12.2 Å². The van der Waals surface area contributed by atoms with E-state index in [1.165, 1.54) is 0 Å². The molecular weight excluding hydrogens is 362 g/mol. The molecule has 1 aromatic carbocycles. The number of pyridine rings is 1. The summed E-state index contributed by atoms with van der Waals surface area (Å²) in [7, 11) is 0. The summed E-state index contributed by atoms with van der Waals surface area (Å²) >= 11 is 5.45. The number of aryl methyl sites for hydroxylation is 2. The summed E-state index contributed by atoms with van der Waals surface area (Å²) in [5.41, 5.74) is 3.52. The molecule has 6 nitrogen and oxygen atoms in total. The van der Waals surface area contributed by atoms with Crippen LogP contribution in [0.2, 0.25) is 0 Å². The lowest BCUT2D eigenvalue weighted by Crippen LogP contribution is -2.42. The molecule has 0 fully saturated rings. The van der Waals surface area contributed by atoms with E-state index in [9.17, 15) is 9.90 Å². The first kappa shape index (κ1) is 21.3. The monoisotopic (exact) mass is 391 g/mol. The van der Waals surface area contributed by atoms with Crippen molar-refractivity contribution in [1.29, 1.82) is 0 Å². The van der Waals surface area contributed by atoms with Crippen LogP contribution in [0.3, 0.4) is 0 Å². The van der Waals surface area contributed by atoms with E-state index in [2.05, 4.69) is 16.4 Å². The fourth-order valence-corrected chi connectivity index (χ4v) is 3.20. The van der Waals surface area contributed by atoms with E-state index >= 15 is 0 Å². The third-order valence-corrected chi connectivity index (χ3v) is 4.89. The molecule has 0 atom stereocenters. The van der Waals surface area contributed by atoms with Gasteiger partial charge in [-0.3, -0.25) is 4.79 Å². The maximum absolute atomic E-state index is 12.6. The summed E-state index contributed by atoms with van der Waals surface area (Å²) in [5.74, 6) is 0. The lowest BCUT2D eigenvalue weighted by molar-refractivity contribution is 0.145. The molecule has 1 aromatic heterocycles. The Bertz CT molecular complexity index is 835. The van der Waals surface area contributed by atoms with Crippen molar-refractivity contribution in [2.45, 2.75) is 33.7 Å². The van der Waals surface area contributed by atoms with E-state index in [1.807, 2.05) is 37.8 Å². The minimum atomic E-state index is -0.127. The van der Waals surface area contributed by atoms with Gasteiger partial charge in [-0.1, -0.05) is 12.1 Å². The minimum absolute atomic E-state index is 0.0373. The van der Waals surface area contributed by atoms with Crippen molar-refractivity contribution in [2.24, 2.45) is 0 Å². The van der Waals surface area contributed by atoms with Crippen LogP contribution in [-0.4, -0.2) is 53.0 Å². The standard InChI is InChI=1S/C20H29N3O3S/c1-4-26-11-5-8-21-20(27)23(9-10-24)13-16-12-17-14(2)6-7-15(3)18(17)22-19(16)25/h6-7,12,24H,4-5,8-11,13H2,1-3H3,(H,21,27)(H,22,25). The Kier molecular flexibility index (Phi) is 8.22. The summed E-state index contributed by atoms with van der Waals surface area (Å²) < 4.78 is 5.31. The van der Waals surface area contributed by atoms with Gasteiger partial charge < -0.3 is 25.0 Å². The Morgan fingerprint density at radius 2 is 2.07 bits per heavy atom. The Hall–Kier alpha value is -1.96. The highest BCUT2D eigenvalue weighted by molar-refractivity contribution is 7.80. The van der Waals surface area contributed by atoms with Crippen LogP contribution in [0.4, 0.5) is 0 Å². The highest BCUT2D eigenvalue weighted by atomic mass is 32.1. The third kappa shape index (κ3) is 5.76. The highest BCUT2D eigenvalue weighted by Crippen LogP contribution is 2.20. The predicted octanol–water partition coefficient (Wildman–Crippen LogP) is 2.24. The Morgan fingerprint density at radius 1 is 1.33 bits per heavy atom. The molecule has 7 heteroatoms. The molecule has 0 aliphatic rings. The zero-order valence-electron chi connectivity index (χ0n) is 16.3. The van der Waals surface area contributed by atoms with Gasteiger partial charge in [0.15, 0.2) is 5.11 Å². The number of H-pyrrole nitrogens is 1. The molecule has 0 saturated carbocycles. The van der Waals surface area contributed by atoms with Crippen molar-refractivity contribution >= 4 is 28.2 Å². The van der Waals surface area contributed by atoms with Crippen molar-refractivity contribution in [3.63, 3.8) is 0 Å². The number of aliphatic hydroxyl groups is 1. The van der Waals surface area contributed by atoms with E-state index in [0.29, 0.717) is 43.5 Å². The molecule has 27 heavy (non-hydrogen) atoms. The number of nitrogens with one attached hydrogen (secondary N) is 2. The van der Waals surface area contributed by atoms with Gasteiger partial charge in [-0.25, -0.2) is 0 Å². The van der Waals surface area contributed by atoms with Crippen molar-refractivity contribution < 1.29 is 9.84 Å². The Balaban J connectivity index is 2.15. The maximum Gasteiger partial charge on any atom is 0.253 e. The molecule has 0 radical (unpaired) electrons. The zero-order chi connectivity index (χ0) is 19.8. The Labute approximate surface area is 165 Å². The second kappa shape index (κ2) is 10.4. The molecule has 1 heterocycles. The first-order valence-corrected chi connectivity index (χ1v) is 9.72. The van der Waals surface area contributed by atoms with Crippen LogP contribution in [0.5, 0.6) is 0 Å². The van der Waals surface area contributed by atoms with Crippen molar-refractivity contribution in [3.05, 3.63) is 45.2 Å². The number of fused-ring (bicyclic) bond motifs is 1. The molecule has 0 spiro atoms. The lowest BCUT2D eigenvalue weighted by Gasteiger charge is -2.25. The van der Waals surface area contributed by atoms with Gasteiger partial charge in [0.05, 0.1) is 18.7 Å². The number of aliphatic hydroxyl groups excluding tert-OH is 1. The molecule has 3 N–H and O–H groups in total. The maximum atomic E-state index is 12.6. The number of benzene rings is 1. The summed E-state index contributed by atoms with van der Waals surface area (Å²) in [4.78, 5) is 17.4. The van der Waals surface area contributed by atoms with Gasteiger partial charge in [0, 0.05) is 37.3 Å². The molecule has 2 rings (SSSR count). The van der Waals surface area contributed by atoms with Gasteiger partial charge in [-0.15, -0.1) is 0 Å². The van der Waals surface area contributed by atoms with Crippen LogP contribution in [-0.2, 0) is 11.3 Å². The van der Waals surface area contributed by atoms with Gasteiger partial charge in [-0.2, -0.15) is 0 Å². The second-order valence-corrected chi connectivity index (χ2v) is 6.93. The molecule has 0 aliphatic carbocycles. The van der Waals surface area contributed by atoms with E-state index in [4.69, 9.17) is 17.0 Å². The van der Waals surface area contributed by atoms with Crippen molar-refractivity contribution in [3.8, 4) is 0 Å². The van der Waals surface area contributed by atoms with Gasteiger partial charge in [0.25, 0.3) is 5.56 Å². The predicted molar refractivity (Wildman–Crippen MR) is 113 cm³/mol. The van der Waals surface area contributed by atoms with Gasteiger partial charge >= 0.3 is 0 Å². The van der Waals surface area contributed by atoms with E-state index in [0.717, 1.165) is 28.5 Å². The SMILES string of the molecule is CCOCCCNC(=S)N(CCO)Cc1cc2c(C)ccc(C)c2[nH]c1=O. The lowest BCUT2D eigenvalue weighted by atomic mass is 10.0. The summed E-state index contributed by atoms with van der Waals surface area (Å²) in [6.07, 6.45) is 0.843. The first-order chi connectivity index (χ1) is 13.0.